The standard InChI is InChI=1S/C20H31NO/c1-3-4-5-6-12-21-18-8-7-9-19-20(18)17-13-15(2)10-11-16(17)14-22-19/h10-11,13,18-21H,3-9,12,14H2,1-2H3/t18-,19-,20+/m1/s1. The second-order valence-electron chi connectivity index (χ2n) is 7.13. The molecule has 0 unspecified atom stereocenters. The van der Waals surface area contributed by atoms with E-state index in [1.807, 2.05) is 0 Å². The minimum Gasteiger partial charge on any atom is -0.373 e. The van der Waals surface area contributed by atoms with E-state index in [1.54, 1.807) is 5.56 Å². The van der Waals surface area contributed by atoms with Crippen molar-refractivity contribution in [1.29, 1.82) is 0 Å². The van der Waals surface area contributed by atoms with Gasteiger partial charge in [-0.05, 0) is 50.3 Å². The van der Waals surface area contributed by atoms with Gasteiger partial charge in [-0.1, -0.05) is 49.9 Å². The van der Waals surface area contributed by atoms with E-state index in [0.29, 0.717) is 18.1 Å². The van der Waals surface area contributed by atoms with Crippen molar-refractivity contribution in [3.05, 3.63) is 34.9 Å². The number of rotatable bonds is 6. The summed E-state index contributed by atoms with van der Waals surface area (Å²) in [7, 11) is 0. The van der Waals surface area contributed by atoms with E-state index in [2.05, 4.69) is 37.4 Å². The number of hydrogen-bond acceptors (Lipinski definition) is 2. The number of aryl methyl sites for hydroxylation is 1. The second-order valence-corrected chi connectivity index (χ2v) is 7.13. The molecule has 3 atom stereocenters. The first-order valence-electron chi connectivity index (χ1n) is 9.24. The van der Waals surface area contributed by atoms with E-state index in [1.165, 1.54) is 56.1 Å². The molecule has 0 bridgehead atoms. The fourth-order valence-corrected chi connectivity index (χ4v) is 4.18. The van der Waals surface area contributed by atoms with Gasteiger partial charge in [-0.15, -0.1) is 0 Å². The third-order valence-corrected chi connectivity index (χ3v) is 5.39. The molecule has 1 aliphatic heterocycles. The highest BCUT2D eigenvalue weighted by Gasteiger charge is 2.38. The summed E-state index contributed by atoms with van der Waals surface area (Å²) in [5.74, 6) is 0.559. The number of unbranched alkanes of at least 4 members (excludes halogenated alkanes) is 3. The van der Waals surface area contributed by atoms with Gasteiger partial charge in [0.1, 0.15) is 0 Å². The van der Waals surface area contributed by atoms with E-state index < -0.39 is 0 Å². The van der Waals surface area contributed by atoms with Crippen LogP contribution in [0.3, 0.4) is 0 Å². The van der Waals surface area contributed by atoms with Gasteiger partial charge >= 0.3 is 0 Å². The normalized spacial score (nSPS) is 27.3. The Bertz CT molecular complexity index is 485. The van der Waals surface area contributed by atoms with E-state index in [-0.39, 0.29) is 0 Å². The maximum Gasteiger partial charge on any atom is 0.0723 e. The Balaban J connectivity index is 1.69. The SMILES string of the molecule is CCCCCCN[C@@H]1CCC[C@H]2OCc3ccc(C)cc3[C@@H]12. The van der Waals surface area contributed by atoms with E-state index in [4.69, 9.17) is 4.74 Å². The molecule has 122 valence electrons. The molecule has 0 aromatic heterocycles. The molecule has 1 heterocycles. The average Bonchev–Trinajstić information content (AvgIpc) is 2.54. The van der Waals surface area contributed by atoms with Crippen LogP contribution in [-0.4, -0.2) is 18.7 Å². The summed E-state index contributed by atoms with van der Waals surface area (Å²) in [6.07, 6.45) is 9.60. The molecule has 0 amide bonds. The first-order valence-corrected chi connectivity index (χ1v) is 9.24. The zero-order valence-corrected chi connectivity index (χ0v) is 14.2. The Hall–Kier alpha value is -0.860. The molecule has 1 aliphatic carbocycles. The number of ether oxygens (including phenoxy) is 1. The van der Waals surface area contributed by atoms with Gasteiger partial charge in [0.05, 0.1) is 12.7 Å². The van der Waals surface area contributed by atoms with Gasteiger partial charge in [-0.3, -0.25) is 0 Å². The van der Waals surface area contributed by atoms with Gasteiger partial charge in [-0.2, -0.15) is 0 Å². The van der Waals surface area contributed by atoms with Crippen molar-refractivity contribution in [1.82, 2.24) is 5.32 Å². The van der Waals surface area contributed by atoms with Crippen molar-refractivity contribution in [2.45, 2.75) is 83.5 Å². The van der Waals surface area contributed by atoms with E-state index >= 15 is 0 Å². The molecule has 1 fully saturated rings. The second kappa shape index (κ2) is 7.61. The molecule has 0 spiro atoms. The smallest absolute Gasteiger partial charge is 0.0723 e. The lowest BCUT2D eigenvalue weighted by Crippen LogP contribution is -2.46. The highest BCUT2D eigenvalue weighted by atomic mass is 16.5. The van der Waals surface area contributed by atoms with Crippen LogP contribution in [0.5, 0.6) is 0 Å². The third-order valence-electron chi connectivity index (χ3n) is 5.39. The van der Waals surface area contributed by atoms with Crippen molar-refractivity contribution in [2.75, 3.05) is 6.54 Å². The van der Waals surface area contributed by atoms with Crippen molar-refractivity contribution >= 4 is 0 Å². The minimum atomic E-state index is 0.427. The Labute approximate surface area is 135 Å². The molecule has 0 radical (unpaired) electrons. The third kappa shape index (κ3) is 3.55. The molecular formula is C20H31NO. The summed E-state index contributed by atoms with van der Waals surface area (Å²) >= 11 is 0. The highest BCUT2D eigenvalue weighted by molar-refractivity contribution is 5.37. The summed E-state index contributed by atoms with van der Waals surface area (Å²) in [5.41, 5.74) is 4.35. The van der Waals surface area contributed by atoms with Gasteiger partial charge in [0.2, 0.25) is 0 Å². The fourth-order valence-electron chi connectivity index (χ4n) is 4.18. The summed E-state index contributed by atoms with van der Waals surface area (Å²) in [4.78, 5) is 0. The van der Waals surface area contributed by atoms with Crippen LogP contribution >= 0.6 is 0 Å². The van der Waals surface area contributed by atoms with Gasteiger partial charge in [0.15, 0.2) is 0 Å². The molecule has 1 saturated carbocycles. The molecular weight excluding hydrogens is 270 g/mol. The quantitative estimate of drug-likeness (QED) is 0.769. The largest absolute Gasteiger partial charge is 0.373 e. The monoisotopic (exact) mass is 301 g/mol. The first-order chi connectivity index (χ1) is 10.8. The predicted octanol–water partition coefficient (Wildman–Crippen LogP) is 4.70. The van der Waals surface area contributed by atoms with Crippen LogP contribution in [0.1, 0.15) is 74.5 Å². The summed E-state index contributed by atoms with van der Waals surface area (Å²) in [6.45, 7) is 6.45. The fraction of sp³-hybridized carbons (Fsp3) is 0.700. The zero-order valence-electron chi connectivity index (χ0n) is 14.2. The maximum absolute atomic E-state index is 6.18. The van der Waals surface area contributed by atoms with Crippen molar-refractivity contribution in [3.63, 3.8) is 0 Å². The molecule has 3 rings (SSSR count). The summed E-state index contributed by atoms with van der Waals surface area (Å²) < 4.78 is 6.18. The number of fused-ring (bicyclic) bond motifs is 3. The van der Waals surface area contributed by atoms with Crippen molar-refractivity contribution in [2.24, 2.45) is 0 Å². The van der Waals surface area contributed by atoms with Gasteiger partial charge in [-0.25, -0.2) is 0 Å². The molecule has 2 heteroatoms. The van der Waals surface area contributed by atoms with Gasteiger partial charge in [0.25, 0.3) is 0 Å². The molecule has 0 saturated heterocycles. The van der Waals surface area contributed by atoms with E-state index in [0.717, 1.165) is 13.2 Å². The molecule has 1 aromatic rings. The Morgan fingerprint density at radius 3 is 2.95 bits per heavy atom. The van der Waals surface area contributed by atoms with Gasteiger partial charge < -0.3 is 10.1 Å². The predicted molar refractivity (Wildman–Crippen MR) is 92.3 cm³/mol. The number of hydrogen-bond donors (Lipinski definition) is 1. The summed E-state index contributed by atoms with van der Waals surface area (Å²) in [6, 6.07) is 7.50. The lowest BCUT2D eigenvalue weighted by atomic mass is 9.74. The number of nitrogens with one attached hydrogen (secondary N) is 1. The van der Waals surface area contributed by atoms with E-state index in [9.17, 15) is 0 Å². The van der Waals surface area contributed by atoms with Gasteiger partial charge in [0, 0.05) is 12.0 Å². The molecule has 22 heavy (non-hydrogen) atoms. The molecule has 2 nitrogen and oxygen atoms in total. The molecule has 1 aromatic carbocycles. The highest BCUT2D eigenvalue weighted by Crippen LogP contribution is 2.41. The van der Waals surface area contributed by atoms with Crippen molar-refractivity contribution in [3.8, 4) is 0 Å². The Kier molecular flexibility index (Phi) is 5.54. The summed E-state index contributed by atoms with van der Waals surface area (Å²) in [5, 5.41) is 3.86. The van der Waals surface area contributed by atoms with Crippen LogP contribution in [0, 0.1) is 6.92 Å². The zero-order chi connectivity index (χ0) is 15.4. The van der Waals surface area contributed by atoms with Crippen LogP contribution in [0.2, 0.25) is 0 Å². The Morgan fingerprint density at radius 1 is 1.18 bits per heavy atom. The van der Waals surface area contributed by atoms with Crippen molar-refractivity contribution < 1.29 is 4.74 Å². The topological polar surface area (TPSA) is 21.3 Å². The maximum atomic E-state index is 6.18. The lowest BCUT2D eigenvalue weighted by molar-refractivity contribution is -0.0218. The van der Waals surface area contributed by atoms with Crippen LogP contribution in [0.15, 0.2) is 18.2 Å². The minimum absolute atomic E-state index is 0.427. The van der Waals surface area contributed by atoms with Crippen LogP contribution < -0.4 is 5.32 Å². The average molecular weight is 301 g/mol. The lowest BCUT2D eigenvalue weighted by Gasteiger charge is -2.43. The molecule has 2 aliphatic rings. The van der Waals surface area contributed by atoms with Crippen LogP contribution in [0.25, 0.3) is 0 Å². The number of benzene rings is 1. The van der Waals surface area contributed by atoms with Crippen LogP contribution in [-0.2, 0) is 11.3 Å². The first kappa shape index (κ1) is 16.0. The van der Waals surface area contributed by atoms with Crippen LogP contribution in [0.4, 0.5) is 0 Å². The Morgan fingerprint density at radius 2 is 2.09 bits per heavy atom. The molecule has 1 N–H and O–H groups in total.